The molecule has 71 heavy (non-hydrogen) atoms. The first kappa shape index (κ1) is 43.6. The van der Waals surface area contributed by atoms with Gasteiger partial charge in [0, 0.05) is 27.2 Å². The summed E-state index contributed by atoms with van der Waals surface area (Å²) in [5, 5.41) is 83.0. The smallest absolute Gasteiger partial charge is 0.0992 e. The van der Waals surface area contributed by atoms with Gasteiger partial charge < -0.3 is 9.13 Å². The SMILES string of the molecule is C=C/C(=C(\C)n1c2cc(-c3cc(C#N)cc(C#N)c3)ccc2c2ccc(-c3cc(C#N)cc(C#N)c3)cc21)n1c2cc(-c3cc(C#N)cc(C#N)c3)ccc2c2ccc(-c3cc(C#N)cc(C#N)c3)cc21. The molecule has 0 bridgehead atoms. The highest BCUT2D eigenvalue weighted by molar-refractivity contribution is 6.16. The Morgan fingerprint density at radius 3 is 0.761 bits per heavy atom. The standard InChI is InChI=1S/C61H30N10/c1-3-57(71-60-26-47(51-20-41(32-66)14-42(21-51)33-67)6-10-55(60)56-11-7-48(27-61(56)71)52-22-43(34-68)15-44(23-52)35-69)36(2)70-58-24-45(49-16-37(28-62)12-38(17-49)29-63)4-8-53(58)54-9-5-46(25-59(54)70)50-18-39(30-64)13-40(19-50)31-65/h3-27H,1H2,2H3/b57-36-. The van der Waals surface area contributed by atoms with Crippen molar-refractivity contribution >= 4 is 55.0 Å². The van der Waals surface area contributed by atoms with Crippen LogP contribution >= 0.6 is 0 Å². The van der Waals surface area contributed by atoms with Crippen molar-refractivity contribution in [2.45, 2.75) is 6.92 Å². The van der Waals surface area contributed by atoms with E-state index in [1.807, 2.05) is 79.7 Å². The second-order valence-corrected chi connectivity index (χ2v) is 16.9. The number of aromatic nitrogens is 2. The van der Waals surface area contributed by atoms with Crippen LogP contribution in [0.1, 0.15) is 51.4 Å². The number of benzene rings is 8. The van der Waals surface area contributed by atoms with Crippen molar-refractivity contribution in [3.05, 3.63) is 203 Å². The molecule has 0 saturated heterocycles. The molecule has 0 radical (unpaired) electrons. The summed E-state index contributed by atoms with van der Waals surface area (Å²) in [5.74, 6) is 0. The Bertz CT molecular complexity index is 4030. The van der Waals surface area contributed by atoms with Crippen LogP contribution in [0.5, 0.6) is 0 Å². The Hall–Kier alpha value is -11.2. The maximum absolute atomic E-state index is 9.92. The fraction of sp³-hybridized carbons (Fsp3) is 0.0164. The molecule has 0 unspecified atom stereocenters. The van der Waals surface area contributed by atoms with Crippen LogP contribution in [-0.2, 0) is 0 Å². The van der Waals surface area contributed by atoms with Crippen LogP contribution in [0.4, 0.5) is 0 Å². The summed E-state index contributed by atoms with van der Waals surface area (Å²) >= 11 is 0. The lowest BCUT2D eigenvalue weighted by Gasteiger charge is -2.18. The molecule has 324 valence electrons. The number of hydrogen-bond acceptors (Lipinski definition) is 8. The zero-order chi connectivity index (χ0) is 49.5. The van der Waals surface area contributed by atoms with Crippen LogP contribution in [0.2, 0.25) is 0 Å². The third kappa shape index (κ3) is 7.51. The fourth-order valence-electron chi connectivity index (χ4n) is 9.59. The van der Waals surface area contributed by atoms with E-state index >= 15 is 0 Å². The first-order valence-electron chi connectivity index (χ1n) is 22.0. The molecular formula is C61H30N10. The van der Waals surface area contributed by atoms with Crippen LogP contribution in [-0.4, -0.2) is 9.13 Å². The summed E-state index contributed by atoms with van der Waals surface area (Å²) in [6.07, 6.45) is 1.79. The molecule has 0 atom stereocenters. The number of allylic oxidation sites excluding steroid dienone is 3. The molecule has 10 rings (SSSR count). The van der Waals surface area contributed by atoms with Crippen LogP contribution in [0.15, 0.2) is 158 Å². The van der Waals surface area contributed by atoms with Gasteiger partial charge >= 0.3 is 0 Å². The third-order valence-electron chi connectivity index (χ3n) is 12.8. The minimum Gasteiger partial charge on any atom is -0.311 e. The summed E-state index contributed by atoms with van der Waals surface area (Å²) in [4.78, 5) is 0. The van der Waals surface area contributed by atoms with Gasteiger partial charge in [0.25, 0.3) is 0 Å². The van der Waals surface area contributed by atoms with Gasteiger partial charge in [-0.2, -0.15) is 42.1 Å². The van der Waals surface area contributed by atoms with E-state index in [9.17, 15) is 42.1 Å². The normalized spacial score (nSPS) is 11.1. The molecule has 0 aliphatic heterocycles. The van der Waals surface area contributed by atoms with E-state index < -0.39 is 0 Å². The van der Waals surface area contributed by atoms with Crippen molar-refractivity contribution < 1.29 is 0 Å². The van der Waals surface area contributed by atoms with Crippen molar-refractivity contribution in [2.75, 3.05) is 0 Å². The quantitative estimate of drug-likeness (QED) is 0.141. The third-order valence-corrected chi connectivity index (χ3v) is 12.8. The van der Waals surface area contributed by atoms with Crippen LogP contribution in [0.3, 0.4) is 0 Å². The van der Waals surface area contributed by atoms with Gasteiger partial charge in [0.15, 0.2) is 0 Å². The molecule has 0 aliphatic rings. The Kier molecular flexibility index (Phi) is 10.8. The molecule has 2 aromatic heterocycles. The highest BCUT2D eigenvalue weighted by atomic mass is 15.1. The van der Waals surface area contributed by atoms with Gasteiger partial charge in [-0.05, 0) is 155 Å². The van der Waals surface area contributed by atoms with Crippen molar-refractivity contribution in [1.82, 2.24) is 9.13 Å². The molecule has 2 heterocycles. The Morgan fingerprint density at radius 2 is 0.549 bits per heavy atom. The predicted molar refractivity (Wildman–Crippen MR) is 274 cm³/mol. The van der Waals surface area contributed by atoms with E-state index in [0.717, 1.165) is 71.6 Å². The molecule has 0 amide bonds. The zero-order valence-corrected chi connectivity index (χ0v) is 37.6. The van der Waals surface area contributed by atoms with E-state index in [-0.39, 0.29) is 0 Å². The summed E-state index contributed by atoms with van der Waals surface area (Å²) in [7, 11) is 0. The number of nitrogens with zero attached hydrogens (tertiary/aromatic N) is 10. The first-order valence-corrected chi connectivity index (χ1v) is 22.0. The van der Waals surface area contributed by atoms with E-state index in [1.165, 1.54) is 0 Å². The Labute approximate surface area is 407 Å². The topological polar surface area (TPSA) is 200 Å². The zero-order valence-electron chi connectivity index (χ0n) is 37.6. The molecule has 10 heteroatoms. The molecule has 0 saturated carbocycles. The van der Waals surface area contributed by atoms with Gasteiger partial charge in [0.2, 0.25) is 0 Å². The lowest BCUT2D eigenvalue weighted by atomic mass is 9.98. The van der Waals surface area contributed by atoms with Gasteiger partial charge in [-0.1, -0.05) is 55.1 Å². The summed E-state index contributed by atoms with van der Waals surface area (Å²) in [6, 6.07) is 61.8. The molecule has 0 aliphatic carbocycles. The monoisotopic (exact) mass is 902 g/mol. The molecular weight excluding hydrogens is 873 g/mol. The minimum absolute atomic E-state index is 0.347. The van der Waals surface area contributed by atoms with E-state index in [2.05, 4.69) is 64.3 Å². The second-order valence-electron chi connectivity index (χ2n) is 16.9. The van der Waals surface area contributed by atoms with Gasteiger partial charge in [-0.25, -0.2) is 0 Å². The average molecular weight is 903 g/mol. The molecule has 10 nitrogen and oxygen atoms in total. The second kappa shape index (κ2) is 17.5. The first-order chi connectivity index (χ1) is 34.6. The lowest BCUT2D eigenvalue weighted by molar-refractivity contribution is 1.15. The van der Waals surface area contributed by atoms with Crippen LogP contribution < -0.4 is 0 Å². The van der Waals surface area contributed by atoms with Gasteiger partial charge in [-0.3, -0.25) is 0 Å². The van der Waals surface area contributed by atoms with Crippen molar-refractivity contribution in [2.24, 2.45) is 0 Å². The summed E-state index contributed by atoms with van der Waals surface area (Å²) in [6.45, 7) is 6.42. The Balaban J connectivity index is 1.32. The highest BCUT2D eigenvalue weighted by Gasteiger charge is 2.22. The largest absolute Gasteiger partial charge is 0.311 e. The van der Waals surface area contributed by atoms with Crippen molar-refractivity contribution in [3.8, 4) is 93.1 Å². The molecule has 10 aromatic rings. The minimum atomic E-state index is 0.347. The van der Waals surface area contributed by atoms with E-state index in [4.69, 9.17) is 0 Å². The molecule has 0 fully saturated rings. The lowest BCUT2D eigenvalue weighted by Crippen LogP contribution is -2.03. The Morgan fingerprint density at radius 1 is 0.324 bits per heavy atom. The van der Waals surface area contributed by atoms with Crippen LogP contribution in [0.25, 0.3) is 99.5 Å². The predicted octanol–water partition coefficient (Wildman–Crippen LogP) is 13.6. The van der Waals surface area contributed by atoms with E-state index in [0.29, 0.717) is 72.5 Å². The maximum atomic E-state index is 9.92. The summed E-state index contributed by atoms with van der Waals surface area (Å²) in [5.41, 5.74) is 13.2. The van der Waals surface area contributed by atoms with Gasteiger partial charge in [0.1, 0.15) is 0 Å². The maximum Gasteiger partial charge on any atom is 0.0992 e. The number of hydrogen-bond donors (Lipinski definition) is 0. The van der Waals surface area contributed by atoms with Crippen molar-refractivity contribution in [1.29, 1.82) is 42.1 Å². The number of nitriles is 8. The van der Waals surface area contributed by atoms with Crippen molar-refractivity contribution in [3.63, 3.8) is 0 Å². The fourth-order valence-corrected chi connectivity index (χ4v) is 9.59. The number of fused-ring (bicyclic) bond motifs is 6. The molecule has 8 aromatic carbocycles. The van der Waals surface area contributed by atoms with Crippen LogP contribution in [0, 0.1) is 90.6 Å². The summed E-state index contributed by atoms with van der Waals surface area (Å²) < 4.78 is 4.26. The molecule has 0 spiro atoms. The van der Waals surface area contributed by atoms with Gasteiger partial charge in [-0.15, -0.1) is 0 Å². The van der Waals surface area contributed by atoms with E-state index in [1.54, 1.807) is 78.9 Å². The number of rotatable bonds is 7. The highest BCUT2D eigenvalue weighted by Crippen LogP contribution is 2.42. The van der Waals surface area contributed by atoms with Gasteiger partial charge in [0.05, 0.1) is 121 Å². The molecule has 0 N–H and O–H groups in total. The average Bonchev–Trinajstić information content (AvgIpc) is 3.93.